The van der Waals surface area contributed by atoms with Crippen molar-refractivity contribution in [3.8, 4) is 0 Å². The minimum Gasteiger partial charge on any atom is -0.450 e. The molecule has 27 heavy (non-hydrogen) atoms. The van der Waals surface area contributed by atoms with Gasteiger partial charge < -0.3 is 25.6 Å². The lowest BCUT2D eigenvalue weighted by molar-refractivity contribution is 0.105. The third-order valence-corrected chi connectivity index (χ3v) is 4.52. The molecule has 8 nitrogen and oxygen atoms in total. The molecule has 0 bridgehead atoms. The number of anilines is 3. The summed E-state index contributed by atoms with van der Waals surface area (Å²) in [5, 5.41) is 3.30. The number of hydrogen-bond donors (Lipinski definition) is 2. The van der Waals surface area contributed by atoms with Crippen LogP contribution in [0.25, 0.3) is 0 Å². The maximum Gasteiger partial charge on any atom is 0.409 e. The van der Waals surface area contributed by atoms with Gasteiger partial charge in [-0.05, 0) is 18.9 Å². The number of nitrogen functional groups attached to an aromatic ring is 1. The van der Waals surface area contributed by atoms with Gasteiger partial charge in [0.2, 0.25) is 0 Å². The number of aromatic nitrogens is 2. The average molecular weight is 370 g/mol. The number of nitrogens with one attached hydrogen (secondary N) is 1. The molecule has 1 aromatic heterocycles. The zero-order valence-electron chi connectivity index (χ0n) is 15.6. The van der Waals surface area contributed by atoms with E-state index in [4.69, 9.17) is 10.5 Å². The molecule has 0 atom stereocenters. The zero-order chi connectivity index (χ0) is 19.1. The number of amides is 1. The van der Waals surface area contributed by atoms with E-state index in [-0.39, 0.29) is 6.09 Å². The maximum atomic E-state index is 11.8. The normalized spacial score (nSPS) is 14.1. The fraction of sp³-hybridized carbons (Fsp3) is 0.421. The van der Waals surface area contributed by atoms with Gasteiger partial charge in [-0.25, -0.2) is 14.8 Å². The topological polar surface area (TPSA) is 96.6 Å². The van der Waals surface area contributed by atoms with E-state index >= 15 is 0 Å². The molecule has 0 aliphatic carbocycles. The monoisotopic (exact) mass is 370 g/mol. The second kappa shape index (κ2) is 9.07. The summed E-state index contributed by atoms with van der Waals surface area (Å²) in [5.74, 6) is 1.35. The number of nitrogens with two attached hydrogens (primary N) is 1. The van der Waals surface area contributed by atoms with Crippen LogP contribution >= 0.6 is 0 Å². The largest absolute Gasteiger partial charge is 0.450 e. The highest BCUT2D eigenvalue weighted by atomic mass is 16.6. The minimum atomic E-state index is -0.268. The van der Waals surface area contributed by atoms with Crippen molar-refractivity contribution in [1.82, 2.24) is 14.9 Å². The van der Waals surface area contributed by atoms with Crippen LogP contribution in [0.5, 0.6) is 0 Å². The van der Waals surface area contributed by atoms with Gasteiger partial charge in [0.25, 0.3) is 0 Å². The van der Waals surface area contributed by atoms with Crippen LogP contribution in [0.1, 0.15) is 12.5 Å². The van der Waals surface area contributed by atoms with Crippen molar-refractivity contribution in [2.24, 2.45) is 0 Å². The molecule has 0 radical (unpaired) electrons. The van der Waals surface area contributed by atoms with E-state index in [9.17, 15) is 4.79 Å². The van der Waals surface area contributed by atoms with Crippen molar-refractivity contribution >= 4 is 23.4 Å². The third kappa shape index (κ3) is 4.78. The number of nitrogens with zero attached hydrogens (tertiary/aromatic N) is 4. The van der Waals surface area contributed by atoms with Gasteiger partial charge in [-0.1, -0.05) is 30.3 Å². The van der Waals surface area contributed by atoms with Crippen LogP contribution < -0.4 is 16.0 Å². The van der Waals surface area contributed by atoms with Crippen LogP contribution in [0.4, 0.5) is 22.1 Å². The Labute approximate surface area is 159 Å². The first kappa shape index (κ1) is 18.8. The van der Waals surface area contributed by atoms with Crippen LogP contribution in [0.15, 0.2) is 36.7 Å². The summed E-state index contributed by atoms with van der Waals surface area (Å²) in [6.07, 6.45) is 2.14. The molecule has 144 valence electrons. The Hall–Kier alpha value is -3.03. The van der Waals surface area contributed by atoms with Gasteiger partial charge in [0.15, 0.2) is 11.6 Å². The first-order valence-electron chi connectivity index (χ1n) is 9.24. The zero-order valence-corrected chi connectivity index (χ0v) is 15.6. The molecule has 1 amide bonds. The van der Waals surface area contributed by atoms with E-state index in [2.05, 4.69) is 32.3 Å². The lowest BCUT2D eigenvalue weighted by Gasteiger charge is -2.35. The van der Waals surface area contributed by atoms with Crippen LogP contribution in [-0.2, 0) is 11.2 Å². The maximum absolute atomic E-state index is 11.8. The van der Waals surface area contributed by atoms with Gasteiger partial charge in [-0.3, -0.25) is 0 Å². The number of carbonyl (C=O) groups excluding carboxylic acids is 1. The smallest absolute Gasteiger partial charge is 0.409 e. The molecule has 8 heteroatoms. The number of piperazine rings is 1. The molecule has 1 saturated heterocycles. The van der Waals surface area contributed by atoms with Crippen molar-refractivity contribution < 1.29 is 9.53 Å². The fourth-order valence-corrected chi connectivity index (χ4v) is 3.06. The highest BCUT2D eigenvalue weighted by molar-refractivity contribution is 5.75. The Kier molecular flexibility index (Phi) is 6.30. The summed E-state index contributed by atoms with van der Waals surface area (Å²) < 4.78 is 5.05. The van der Waals surface area contributed by atoms with E-state index in [0.29, 0.717) is 50.1 Å². The average Bonchev–Trinajstić information content (AvgIpc) is 2.70. The molecule has 0 unspecified atom stereocenters. The predicted octanol–water partition coefficient (Wildman–Crippen LogP) is 1.99. The Bertz CT molecular complexity index is 747. The van der Waals surface area contributed by atoms with E-state index in [0.717, 1.165) is 13.0 Å². The standard InChI is InChI=1S/C19H26N6O2/c1-2-27-19(26)25-12-10-24(11-13-25)18-16(20)17(22-14-23-18)21-9-8-15-6-4-3-5-7-15/h3-7,14H,2,8-13,20H2,1H3,(H,21,22,23). The summed E-state index contributed by atoms with van der Waals surface area (Å²) in [6, 6.07) is 10.3. The van der Waals surface area contributed by atoms with Crippen LogP contribution in [0, 0.1) is 0 Å². The van der Waals surface area contributed by atoms with Gasteiger partial charge in [0.1, 0.15) is 12.0 Å². The Morgan fingerprint density at radius 3 is 2.63 bits per heavy atom. The first-order valence-corrected chi connectivity index (χ1v) is 9.24. The highest BCUT2D eigenvalue weighted by Gasteiger charge is 2.24. The highest BCUT2D eigenvalue weighted by Crippen LogP contribution is 2.27. The Morgan fingerprint density at radius 1 is 1.19 bits per heavy atom. The van der Waals surface area contributed by atoms with Crippen LogP contribution in [0.3, 0.4) is 0 Å². The number of rotatable bonds is 6. The second-order valence-corrected chi connectivity index (χ2v) is 6.29. The molecule has 3 N–H and O–H groups in total. The molecule has 0 spiro atoms. The van der Waals surface area contributed by atoms with Gasteiger partial charge in [0, 0.05) is 32.7 Å². The third-order valence-electron chi connectivity index (χ3n) is 4.52. The lowest BCUT2D eigenvalue weighted by Crippen LogP contribution is -2.49. The van der Waals surface area contributed by atoms with Crippen LogP contribution in [0.2, 0.25) is 0 Å². The predicted molar refractivity (Wildman–Crippen MR) is 106 cm³/mol. The molecule has 1 fully saturated rings. The molecule has 2 aromatic rings. The molecule has 1 aliphatic rings. The molecule has 1 aliphatic heterocycles. The van der Waals surface area contributed by atoms with Crippen molar-refractivity contribution in [2.45, 2.75) is 13.3 Å². The second-order valence-electron chi connectivity index (χ2n) is 6.29. The summed E-state index contributed by atoms with van der Waals surface area (Å²) in [7, 11) is 0. The summed E-state index contributed by atoms with van der Waals surface area (Å²) in [6.45, 7) is 5.41. The minimum absolute atomic E-state index is 0.268. The SMILES string of the molecule is CCOC(=O)N1CCN(c2ncnc(NCCc3ccccc3)c2N)CC1. The molecule has 2 heterocycles. The summed E-state index contributed by atoms with van der Waals surface area (Å²) in [4.78, 5) is 24.2. The first-order chi connectivity index (χ1) is 13.2. The molecule has 3 rings (SSSR count). The van der Waals surface area contributed by atoms with Crippen molar-refractivity contribution in [1.29, 1.82) is 0 Å². The van der Waals surface area contributed by atoms with Crippen molar-refractivity contribution in [3.63, 3.8) is 0 Å². The lowest BCUT2D eigenvalue weighted by atomic mass is 10.1. The molecular weight excluding hydrogens is 344 g/mol. The molecule has 0 saturated carbocycles. The number of hydrogen-bond acceptors (Lipinski definition) is 7. The van der Waals surface area contributed by atoms with Gasteiger partial charge in [-0.2, -0.15) is 0 Å². The molecule has 1 aromatic carbocycles. The van der Waals surface area contributed by atoms with Crippen LogP contribution in [-0.4, -0.2) is 60.3 Å². The summed E-state index contributed by atoms with van der Waals surface area (Å²) in [5.41, 5.74) is 8.10. The number of carbonyl (C=O) groups is 1. The van der Waals surface area contributed by atoms with E-state index in [1.54, 1.807) is 4.90 Å². The van der Waals surface area contributed by atoms with Crippen molar-refractivity contribution in [3.05, 3.63) is 42.2 Å². The van der Waals surface area contributed by atoms with Gasteiger partial charge in [-0.15, -0.1) is 0 Å². The number of ether oxygens (including phenoxy) is 1. The van der Waals surface area contributed by atoms with Crippen molar-refractivity contribution in [2.75, 3.05) is 55.3 Å². The Balaban J connectivity index is 1.57. The fourth-order valence-electron chi connectivity index (χ4n) is 3.06. The van der Waals surface area contributed by atoms with Gasteiger partial charge >= 0.3 is 6.09 Å². The molecular formula is C19H26N6O2. The summed E-state index contributed by atoms with van der Waals surface area (Å²) >= 11 is 0. The van der Waals surface area contributed by atoms with E-state index in [1.807, 2.05) is 25.1 Å². The Morgan fingerprint density at radius 2 is 1.93 bits per heavy atom. The number of benzene rings is 1. The van der Waals surface area contributed by atoms with Gasteiger partial charge in [0.05, 0.1) is 6.61 Å². The van der Waals surface area contributed by atoms with E-state index in [1.165, 1.54) is 11.9 Å². The van der Waals surface area contributed by atoms with E-state index < -0.39 is 0 Å². The quantitative estimate of drug-likeness (QED) is 0.803.